The monoisotopic (exact) mass is 436 g/mol. The molecule has 0 radical (unpaired) electrons. The van der Waals surface area contributed by atoms with E-state index in [0.29, 0.717) is 0 Å². The van der Waals surface area contributed by atoms with Crippen molar-refractivity contribution in [3.05, 3.63) is 83.9 Å². The first-order valence-corrected chi connectivity index (χ1v) is 10.9. The van der Waals surface area contributed by atoms with Gasteiger partial charge >= 0.3 is 0 Å². The molecule has 0 unspecified atom stereocenters. The maximum absolute atomic E-state index is 13.3. The van der Waals surface area contributed by atoms with Crippen LogP contribution in [0.5, 0.6) is 0 Å². The zero-order chi connectivity index (χ0) is 23.1. The van der Waals surface area contributed by atoms with Crippen molar-refractivity contribution < 1.29 is 13.6 Å². The zero-order valence-electron chi connectivity index (χ0n) is 18.8. The summed E-state index contributed by atoms with van der Waals surface area (Å²) < 4.78 is 26.6. The van der Waals surface area contributed by atoms with Crippen LogP contribution in [0, 0.1) is 11.6 Å². The molecule has 0 atom stereocenters. The molecule has 5 heteroatoms. The fraction of sp³-hybridized carbons (Fsp3) is 0.296. The van der Waals surface area contributed by atoms with Gasteiger partial charge < -0.3 is 10.6 Å². The van der Waals surface area contributed by atoms with Crippen molar-refractivity contribution in [2.75, 3.05) is 20.1 Å². The lowest BCUT2D eigenvalue weighted by atomic mass is 9.80. The van der Waals surface area contributed by atoms with Gasteiger partial charge in [-0.25, -0.2) is 8.78 Å². The number of hydrogen-bond donors (Lipinski definition) is 2. The van der Waals surface area contributed by atoms with Gasteiger partial charge in [0.05, 0.1) is 5.41 Å². The number of hydrogen-bond acceptors (Lipinski definition) is 2. The number of nitrogens with one attached hydrogen (secondary N) is 2. The highest BCUT2D eigenvalue weighted by Crippen LogP contribution is 2.34. The fourth-order valence-corrected chi connectivity index (χ4v) is 3.68. The summed E-state index contributed by atoms with van der Waals surface area (Å²) in [5.41, 5.74) is 3.47. The summed E-state index contributed by atoms with van der Waals surface area (Å²) in [7, 11) is 1.61. The van der Waals surface area contributed by atoms with Crippen LogP contribution in [0.25, 0.3) is 22.3 Å². The van der Waals surface area contributed by atoms with Gasteiger partial charge in [-0.15, -0.1) is 0 Å². The third-order valence-corrected chi connectivity index (χ3v) is 5.76. The Morgan fingerprint density at radius 2 is 1.22 bits per heavy atom. The van der Waals surface area contributed by atoms with Crippen LogP contribution in [-0.2, 0) is 10.2 Å². The molecule has 3 nitrogen and oxygen atoms in total. The van der Waals surface area contributed by atoms with Crippen molar-refractivity contribution in [3.8, 4) is 22.3 Å². The summed E-state index contributed by atoms with van der Waals surface area (Å²) in [6, 6.07) is 18.3. The lowest BCUT2D eigenvalue weighted by molar-refractivity contribution is -0.125. The third kappa shape index (κ3) is 5.80. The smallest absolute Gasteiger partial charge is 0.229 e. The van der Waals surface area contributed by atoms with Gasteiger partial charge in [0.2, 0.25) is 5.91 Å². The molecule has 0 aliphatic carbocycles. The lowest BCUT2D eigenvalue weighted by Crippen LogP contribution is -2.38. The number of rotatable bonds is 4. The van der Waals surface area contributed by atoms with Crippen molar-refractivity contribution in [1.29, 1.82) is 0 Å². The van der Waals surface area contributed by atoms with E-state index in [1.165, 1.54) is 50.2 Å². The predicted octanol–water partition coefficient (Wildman–Crippen LogP) is 5.69. The molecule has 1 fully saturated rings. The van der Waals surface area contributed by atoms with Crippen LogP contribution >= 0.6 is 0 Å². The molecule has 2 N–H and O–H groups in total. The van der Waals surface area contributed by atoms with Gasteiger partial charge in [-0.3, -0.25) is 4.79 Å². The normalized spacial score (nSPS) is 13.3. The molecular formula is C27H30F2N2O. The van der Waals surface area contributed by atoms with Gasteiger partial charge in [-0.1, -0.05) is 36.4 Å². The molecule has 1 aliphatic rings. The maximum atomic E-state index is 13.3. The number of carbonyl (C=O) groups is 1. The third-order valence-electron chi connectivity index (χ3n) is 5.76. The molecule has 0 saturated carbocycles. The Balaban J connectivity index is 0.000000509. The topological polar surface area (TPSA) is 41.1 Å². The molecule has 0 spiro atoms. The summed E-state index contributed by atoms with van der Waals surface area (Å²) >= 11 is 0. The Bertz CT molecular complexity index is 969. The summed E-state index contributed by atoms with van der Waals surface area (Å²) in [6.07, 6.45) is 2.78. The van der Waals surface area contributed by atoms with Crippen molar-refractivity contribution in [2.24, 2.45) is 0 Å². The molecule has 4 rings (SSSR count). The molecule has 32 heavy (non-hydrogen) atoms. The molecule has 1 amide bonds. The molecule has 3 aromatic carbocycles. The van der Waals surface area contributed by atoms with Crippen LogP contribution < -0.4 is 10.6 Å². The van der Waals surface area contributed by atoms with Gasteiger partial charge in [-0.2, -0.15) is 0 Å². The van der Waals surface area contributed by atoms with Crippen LogP contribution in [-0.4, -0.2) is 26.0 Å². The van der Waals surface area contributed by atoms with Gasteiger partial charge in [0.25, 0.3) is 0 Å². The zero-order valence-corrected chi connectivity index (χ0v) is 18.8. The van der Waals surface area contributed by atoms with Crippen molar-refractivity contribution in [1.82, 2.24) is 10.6 Å². The Hall–Kier alpha value is -3.05. The highest BCUT2D eigenvalue weighted by Gasteiger charge is 2.29. The van der Waals surface area contributed by atoms with Gasteiger partial charge in [0, 0.05) is 7.05 Å². The van der Waals surface area contributed by atoms with E-state index in [9.17, 15) is 13.6 Å². The van der Waals surface area contributed by atoms with Crippen LogP contribution in [0.4, 0.5) is 8.78 Å². The van der Waals surface area contributed by atoms with E-state index < -0.39 is 5.41 Å². The van der Waals surface area contributed by atoms with E-state index in [-0.39, 0.29) is 17.5 Å². The minimum absolute atomic E-state index is 0.108. The predicted molar refractivity (Wildman–Crippen MR) is 126 cm³/mol. The average Bonchev–Trinajstić information content (AvgIpc) is 3.39. The Morgan fingerprint density at radius 3 is 1.56 bits per heavy atom. The van der Waals surface area contributed by atoms with E-state index in [4.69, 9.17) is 0 Å². The Morgan fingerprint density at radius 1 is 0.781 bits per heavy atom. The molecule has 1 heterocycles. The molecule has 1 aliphatic heterocycles. The van der Waals surface area contributed by atoms with E-state index in [2.05, 4.69) is 10.6 Å². The average molecular weight is 437 g/mol. The standard InChI is InChI=1S/C23H21F2NO.C4H9N/c1-23(2,22(27)26-3)19-13-17(15-4-8-20(24)9-5-15)12-18(14-19)16-6-10-21(25)11-7-16;1-2-4-5-3-1/h4-14H,1-3H3,(H,26,27);5H,1-4H2. The minimum Gasteiger partial charge on any atom is -0.358 e. The largest absolute Gasteiger partial charge is 0.358 e. The van der Waals surface area contributed by atoms with Crippen LogP contribution in [0.1, 0.15) is 32.3 Å². The van der Waals surface area contributed by atoms with E-state index in [1.54, 1.807) is 31.3 Å². The second-order valence-corrected chi connectivity index (χ2v) is 8.47. The number of amides is 1. The first-order valence-electron chi connectivity index (χ1n) is 10.9. The highest BCUT2D eigenvalue weighted by atomic mass is 19.1. The molecule has 0 bridgehead atoms. The maximum Gasteiger partial charge on any atom is 0.229 e. The van der Waals surface area contributed by atoms with Crippen molar-refractivity contribution >= 4 is 5.91 Å². The summed E-state index contributed by atoms with van der Waals surface area (Å²) in [5, 5.41) is 5.92. The van der Waals surface area contributed by atoms with E-state index in [1.807, 2.05) is 32.0 Å². The lowest BCUT2D eigenvalue weighted by Gasteiger charge is -2.25. The van der Waals surface area contributed by atoms with Crippen LogP contribution in [0.15, 0.2) is 66.7 Å². The summed E-state index contributed by atoms with van der Waals surface area (Å²) in [4.78, 5) is 12.4. The second-order valence-electron chi connectivity index (χ2n) is 8.47. The number of halogens is 2. The molecule has 168 valence electrons. The molecule has 3 aromatic rings. The fourth-order valence-electron chi connectivity index (χ4n) is 3.68. The minimum atomic E-state index is -0.764. The van der Waals surface area contributed by atoms with Crippen LogP contribution in [0.2, 0.25) is 0 Å². The quantitative estimate of drug-likeness (QED) is 0.551. The van der Waals surface area contributed by atoms with E-state index >= 15 is 0 Å². The number of benzene rings is 3. The van der Waals surface area contributed by atoms with Crippen molar-refractivity contribution in [3.63, 3.8) is 0 Å². The van der Waals surface area contributed by atoms with Crippen molar-refractivity contribution in [2.45, 2.75) is 32.1 Å². The highest BCUT2D eigenvalue weighted by molar-refractivity contribution is 5.88. The van der Waals surface area contributed by atoms with Crippen LogP contribution in [0.3, 0.4) is 0 Å². The summed E-state index contributed by atoms with van der Waals surface area (Å²) in [6.45, 7) is 6.20. The van der Waals surface area contributed by atoms with Gasteiger partial charge in [0.15, 0.2) is 0 Å². The molecule has 1 saturated heterocycles. The Labute approximate surface area is 188 Å². The summed E-state index contributed by atoms with van der Waals surface area (Å²) in [5.74, 6) is -0.720. The molecule has 0 aromatic heterocycles. The number of likely N-dealkylation sites (N-methyl/N-ethyl adjacent to an activating group) is 1. The SMILES string of the molecule is C1CCNC1.CNC(=O)C(C)(C)c1cc(-c2ccc(F)cc2)cc(-c2ccc(F)cc2)c1. The molecular weight excluding hydrogens is 406 g/mol. The first-order chi connectivity index (χ1) is 15.3. The van der Waals surface area contributed by atoms with E-state index in [0.717, 1.165) is 27.8 Å². The van der Waals surface area contributed by atoms with Gasteiger partial charge in [0.1, 0.15) is 11.6 Å². The van der Waals surface area contributed by atoms with Gasteiger partial charge in [-0.05, 0) is 97.9 Å². The number of carbonyl (C=O) groups excluding carboxylic acids is 1. The second kappa shape index (κ2) is 10.5. The Kier molecular flexibility index (Phi) is 7.75. The first kappa shape index (κ1) is 23.6.